The average Bonchev–Trinajstić information content (AvgIpc) is 3.29. The van der Waals surface area contributed by atoms with E-state index in [0.717, 1.165) is 34.9 Å². The lowest BCUT2D eigenvalue weighted by Crippen LogP contribution is -2.43. The van der Waals surface area contributed by atoms with E-state index < -0.39 is 0 Å². The molecule has 1 aromatic carbocycles. The van der Waals surface area contributed by atoms with Crippen LogP contribution in [-0.2, 0) is 13.6 Å². The summed E-state index contributed by atoms with van der Waals surface area (Å²) in [6, 6.07) is 8.47. The van der Waals surface area contributed by atoms with Crippen LogP contribution >= 0.6 is 47.3 Å². The molecular formula is C19H28ClIN6S. The minimum absolute atomic E-state index is 0. The first kappa shape index (κ1) is 23.3. The van der Waals surface area contributed by atoms with Crippen LogP contribution in [0.2, 0.25) is 5.02 Å². The second-order valence-electron chi connectivity index (χ2n) is 6.74. The van der Waals surface area contributed by atoms with Crippen LogP contribution in [0.5, 0.6) is 0 Å². The van der Waals surface area contributed by atoms with Crippen LogP contribution in [0.3, 0.4) is 0 Å². The summed E-state index contributed by atoms with van der Waals surface area (Å²) in [5.74, 6) is 3.59. The van der Waals surface area contributed by atoms with Gasteiger partial charge in [0.25, 0.3) is 0 Å². The largest absolute Gasteiger partial charge is 0.356 e. The monoisotopic (exact) mass is 534 g/mol. The Morgan fingerprint density at radius 1 is 1.25 bits per heavy atom. The van der Waals surface area contributed by atoms with Crippen molar-refractivity contribution in [2.75, 3.05) is 12.3 Å². The molecule has 1 aliphatic carbocycles. The number of hydrogen-bond acceptors (Lipinski definition) is 4. The van der Waals surface area contributed by atoms with Gasteiger partial charge >= 0.3 is 0 Å². The molecule has 0 radical (unpaired) electrons. The fourth-order valence-corrected chi connectivity index (χ4v) is 3.92. The van der Waals surface area contributed by atoms with Gasteiger partial charge in [-0.25, -0.2) is 4.99 Å². The number of halogens is 2. The highest BCUT2D eigenvalue weighted by Gasteiger charge is 2.16. The highest BCUT2D eigenvalue weighted by molar-refractivity contribution is 14.0. The van der Waals surface area contributed by atoms with E-state index in [2.05, 4.69) is 33.0 Å². The smallest absolute Gasteiger partial charge is 0.191 e. The van der Waals surface area contributed by atoms with Crippen LogP contribution in [-0.4, -0.2) is 39.1 Å². The lowest BCUT2D eigenvalue weighted by atomic mass is 10.2. The molecule has 0 atom stereocenters. The highest BCUT2D eigenvalue weighted by Crippen LogP contribution is 2.20. The Bertz CT molecular complexity index is 758. The number of aryl methyl sites for hydroxylation is 1. The van der Waals surface area contributed by atoms with Crippen molar-refractivity contribution in [3.63, 3.8) is 0 Å². The lowest BCUT2D eigenvalue weighted by Gasteiger charge is -2.17. The molecule has 0 amide bonds. The number of thioether (sulfide) groups is 1. The molecule has 0 unspecified atom stereocenters. The SMILES string of the molecule is Cc1nnc(CN=C(NCCSc2ccc(Cl)cc2)NC2CCCC2)n1C.I. The molecule has 0 aliphatic heterocycles. The van der Waals surface area contributed by atoms with E-state index in [-0.39, 0.29) is 24.0 Å². The molecule has 28 heavy (non-hydrogen) atoms. The Kier molecular flexibility index (Phi) is 9.87. The standard InChI is InChI=1S/C19H27ClN6S.HI/c1-14-24-25-18(26(14)2)13-22-19(23-16-5-3-4-6-16)21-11-12-27-17-9-7-15(20)8-10-17;/h7-10,16H,3-6,11-13H2,1-2H3,(H2,21,22,23);1H. The first-order valence-corrected chi connectivity index (χ1v) is 10.8. The van der Waals surface area contributed by atoms with E-state index in [1.165, 1.54) is 30.6 Å². The van der Waals surface area contributed by atoms with E-state index >= 15 is 0 Å². The van der Waals surface area contributed by atoms with Gasteiger partial charge in [0, 0.05) is 35.3 Å². The van der Waals surface area contributed by atoms with Crippen LogP contribution in [0.15, 0.2) is 34.2 Å². The molecule has 154 valence electrons. The molecule has 1 aromatic heterocycles. The molecule has 1 fully saturated rings. The molecule has 2 N–H and O–H groups in total. The molecule has 0 spiro atoms. The van der Waals surface area contributed by atoms with E-state index in [1.807, 2.05) is 30.7 Å². The van der Waals surface area contributed by atoms with Crippen LogP contribution in [0.4, 0.5) is 0 Å². The van der Waals surface area contributed by atoms with Gasteiger partial charge in [-0.3, -0.25) is 0 Å². The van der Waals surface area contributed by atoms with E-state index in [4.69, 9.17) is 16.6 Å². The Balaban J connectivity index is 0.00000280. The van der Waals surface area contributed by atoms with Crippen molar-refractivity contribution in [2.24, 2.45) is 12.0 Å². The number of aromatic nitrogens is 3. The Labute approximate surface area is 193 Å². The third-order valence-electron chi connectivity index (χ3n) is 4.73. The van der Waals surface area contributed by atoms with Crippen molar-refractivity contribution in [2.45, 2.75) is 50.1 Å². The van der Waals surface area contributed by atoms with Crippen LogP contribution < -0.4 is 10.6 Å². The van der Waals surface area contributed by atoms with E-state index in [1.54, 1.807) is 11.8 Å². The Hall–Kier alpha value is -1.000. The summed E-state index contributed by atoms with van der Waals surface area (Å²) in [5, 5.41) is 16.1. The number of rotatable bonds is 7. The van der Waals surface area contributed by atoms with Crippen LogP contribution in [0.25, 0.3) is 0 Å². The zero-order valence-electron chi connectivity index (χ0n) is 16.3. The molecule has 2 aromatic rings. The second kappa shape index (κ2) is 11.9. The van der Waals surface area contributed by atoms with Crippen molar-refractivity contribution in [3.8, 4) is 0 Å². The summed E-state index contributed by atoms with van der Waals surface area (Å²) in [7, 11) is 1.97. The number of hydrogen-bond donors (Lipinski definition) is 2. The molecule has 1 heterocycles. The van der Waals surface area contributed by atoms with Gasteiger partial charge in [0.1, 0.15) is 12.4 Å². The topological polar surface area (TPSA) is 67.1 Å². The number of nitrogens with zero attached hydrogens (tertiary/aromatic N) is 4. The van der Waals surface area contributed by atoms with Crippen molar-refractivity contribution < 1.29 is 0 Å². The summed E-state index contributed by atoms with van der Waals surface area (Å²) in [4.78, 5) is 5.95. The molecule has 1 saturated carbocycles. The number of aliphatic imine (C=N–C) groups is 1. The maximum atomic E-state index is 5.94. The summed E-state index contributed by atoms with van der Waals surface area (Å²) in [5.41, 5.74) is 0. The second-order valence-corrected chi connectivity index (χ2v) is 8.35. The predicted octanol–water partition coefficient (Wildman–Crippen LogP) is 4.17. The first-order chi connectivity index (χ1) is 13.1. The molecule has 6 nitrogen and oxygen atoms in total. The van der Waals surface area contributed by atoms with Crippen molar-refractivity contribution in [1.29, 1.82) is 0 Å². The van der Waals surface area contributed by atoms with Gasteiger partial charge in [0.2, 0.25) is 0 Å². The highest BCUT2D eigenvalue weighted by atomic mass is 127. The number of nitrogens with one attached hydrogen (secondary N) is 2. The fourth-order valence-electron chi connectivity index (χ4n) is 3.02. The third kappa shape index (κ3) is 7.11. The zero-order valence-corrected chi connectivity index (χ0v) is 20.2. The normalized spacial score (nSPS) is 14.8. The quantitative estimate of drug-likeness (QED) is 0.184. The molecule has 3 rings (SSSR count). The summed E-state index contributed by atoms with van der Waals surface area (Å²) in [6.07, 6.45) is 5.01. The van der Waals surface area contributed by atoms with Gasteiger partial charge in [-0.15, -0.1) is 45.9 Å². The maximum absolute atomic E-state index is 5.94. The number of benzene rings is 1. The van der Waals surface area contributed by atoms with Crippen molar-refractivity contribution >= 4 is 53.3 Å². The van der Waals surface area contributed by atoms with Gasteiger partial charge in [-0.05, 0) is 44.0 Å². The predicted molar refractivity (Wildman–Crippen MR) is 128 cm³/mol. The molecule has 9 heteroatoms. The third-order valence-corrected chi connectivity index (χ3v) is 6.00. The van der Waals surface area contributed by atoms with Crippen LogP contribution in [0, 0.1) is 6.92 Å². The maximum Gasteiger partial charge on any atom is 0.191 e. The van der Waals surface area contributed by atoms with Gasteiger partial charge in [0.15, 0.2) is 11.8 Å². The van der Waals surface area contributed by atoms with Crippen molar-refractivity contribution in [1.82, 2.24) is 25.4 Å². The van der Waals surface area contributed by atoms with Gasteiger partial charge < -0.3 is 15.2 Å². The van der Waals surface area contributed by atoms with Crippen molar-refractivity contribution in [3.05, 3.63) is 40.9 Å². The Morgan fingerprint density at radius 3 is 2.61 bits per heavy atom. The molecule has 0 saturated heterocycles. The van der Waals surface area contributed by atoms with Gasteiger partial charge in [-0.1, -0.05) is 24.4 Å². The van der Waals surface area contributed by atoms with Gasteiger partial charge in [-0.2, -0.15) is 0 Å². The molecule has 1 aliphatic rings. The van der Waals surface area contributed by atoms with E-state index in [9.17, 15) is 0 Å². The number of guanidine groups is 1. The summed E-state index contributed by atoms with van der Waals surface area (Å²) in [6.45, 7) is 3.30. The average molecular weight is 535 g/mol. The summed E-state index contributed by atoms with van der Waals surface area (Å²) >= 11 is 7.74. The van der Waals surface area contributed by atoms with E-state index in [0.29, 0.717) is 12.6 Å². The van der Waals surface area contributed by atoms with Gasteiger partial charge in [0.05, 0.1) is 0 Å². The van der Waals surface area contributed by atoms with Crippen LogP contribution in [0.1, 0.15) is 37.3 Å². The molecular weight excluding hydrogens is 507 g/mol. The fraction of sp³-hybridized carbons (Fsp3) is 0.526. The zero-order chi connectivity index (χ0) is 19.1. The summed E-state index contributed by atoms with van der Waals surface area (Å²) < 4.78 is 1.98. The molecule has 0 bridgehead atoms. The lowest BCUT2D eigenvalue weighted by molar-refractivity contribution is 0.612. The first-order valence-electron chi connectivity index (χ1n) is 9.40. The Morgan fingerprint density at radius 2 is 1.96 bits per heavy atom. The minimum Gasteiger partial charge on any atom is -0.356 e. The minimum atomic E-state index is 0.